The third kappa shape index (κ3) is 2.54. The van der Waals surface area contributed by atoms with Crippen molar-refractivity contribution in [3.05, 3.63) is 27.7 Å². The predicted molar refractivity (Wildman–Crippen MR) is 88.4 cm³/mol. The van der Waals surface area contributed by atoms with Gasteiger partial charge in [-0.1, -0.05) is 15.9 Å². The van der Waals surface area contributed by atoms with Gasteiger partial charge in [0.1, 0.15) is 11.9 Å². The van der Waals surface area contributed by atoms with Crippen LogP contribution in [0.4, 0.5) is 0 Å². The zero-order valence-corrected chi connectivity index (χ0v) is 14.4. The Morgan fingerprint density at radius 3 is 2.82 bits per heavy atom. The summed E-state index contributed by atoms with van der Waals surface area (Å²) in [5.41, 5.74) is 1.80. The molecule has 3 saturated heterocycles. The number of fused-ring (bicyclic) bond motifs is 4. The summed E-state index contributed by atoms with van der Waals surface area (Å²) in [7, 11) is 0. The average molecular weight is 365 g/mol. The monoisotopic (exact) mass is 364 g/mol. The van der Waals surface area contributed by atoms with Gasteiger partial charge in [0.15, 0.2) is 0 Å². The molecule has 2 atom stereocenters. The van der Waals surface area contributed by atoms with Crippen LogP contribution in [0.3, 0.4) is 0 Å². The van der Waals surface area contributed by atoms with Gasteiger partial charge >= 0.3 is 0 Å². The van der Waals surface area contributed by atoms with Crippen molar-refractivity contribution in [2.75, 3.05) is 19.6 Å². The molecule has 0 radical (unpaired) electrons. The number of piperidine rings is 3. The van der Waals surface area contributed by atoms with Gasteiger partial charge in [0.25, 0.3) is 5.91 Å². The van der Waals surface area contributed by atoms with Gasteiger partial charge in [0.2, 0.25) is 0 Å². The van der Waals surface area contributed by atoms with Crippen molar-refractivity contribution in [2.45, 2.75) is 38.3 Å². The van der Waals surface area contributed by atoms with Crippen molar-refractivity contribution in [3.8, 4) is 5.75 Å². The molecule has 0 spiro atoms. The highest BCUT2D eigenvalue weighted by Gasteiger charge is 2.36. The molecular formula is C17H21BrN2O2. The number of nitrogens with zero attached hydrogens (tertiary/aromatic N) is 1. The number of halogens is 1. The van der Waals surface area contributed by atoms with Gasteiger partial charge in [-0.3, -0.25) is 4.79 Å². The lowest BCUT2D eigenvalue weighted by Gasteiger charge is -2.44. The van der Waals surface area contributed by atoms with Crippen LogP contribution in [0.1, 0.15) is 35.7 Å². The van der Waals surface area contributed by atoms with E-state index in [9.17, 15) is 4.79 Å². The first kappa shape index (κ1) is 14.5. The van der Waals surface area contributed by atoms with Crippen LogP contribution in [0, 0.1) is 5.92 Å². The first-order valence-corrected chi connectivity index (χ1v) is 8.92. The van der Waals surface area contributed by atoms with Crippen LogP contribution in [-0.2, 0) is 6.42 Å². The van der Waals surface area contributed by atoms with Gasteiger partial charge in [-0.2, -0.15) is 0 Å². The van der Waals surface area contributed by atoms with Crippen LogP contribution >= 0.6 is 15.9 Å². The molecule has 22 heavy (non-hydrogen) atoms. The minimum absolute atomic E-state index is 0.00500. The summed E-state index contributed by atoms with van der Waals surface area (Å²) in [5.74, 6) is 1.41. The smallest absolute Gasteiger partial charge is 0.255 e. The van der Waals surface area contributed by atoms with E-state index in [4.69, 9.17) is 4.74 Å². The highest BCUT2D eigenvalue weighted by molar-refractivity contribution is 9.10. The largest absolute Gasteiger partial charge is 0.489 e. The first-order valence-electron chi connectivity index (χ1n) is 8.12. The Morgan fingerprint density at radius 1 is 1.36 bits per heavy atom. The van der Waals surface area contributed by atoms with Crippen molar-refractivity contribution in [1.29, 1.82) is 0 Å². The Bertz CT molecular complexity index is 611. The Hall–Kier alpha value is -1.07. The Balaban J connectivity index is 1.56. The van der Waals surface area contributed by atoms with Crippen molar-refractivity contribution >= 4 is 21.8 Å². The fraction of sp³-hybridized carbons (Fsp3) is 0.588. The number of rotatable bonds is 2. The topological polar surface area (TPSA) is 41.6 Å². The summed E-state index contributed by atoms with van der Waals surface area (Å²) in [6.45, 7) is 5.40. The maximum atomic E-state index is 12.8. The molecule has 4 aliphatic heterocycles. The minimum atomic E-state index is 0.00500. The van der Waals surface area contributed by atoms with Gasteiger partial charge < -0.3 is 15.0 Å². The third-order valence-electron chi connectivity index (χ3n) is 5.17. The number of carbonyl (C=O) groups is 1. The molecule has 0 saturated carbocycles. The maximum absolute atomic E-state index is 12.8. The fourth-order valence-electron chi connectivity index (χ4n) is 4.04. The Morgan fingerprint density at radius 2 is 2.14 bits per heavy atom. The van der Waals surface area contributed by atoms with Crippen molar-refractivity contribution in [2.24, 2.45) is 5.92 Å². The van der Waals surface area contributed by atoms with Gasteiger partial charge in [-0.05, 0) is 56.5 Å². The molecule has 2 bridgehead atoms. The van der Waals surface area contributed by atoms with Crippen LogP contribution in [0.5, 0.6) is 5.75 Å². The minimum Gasteiger partial charge on any atom is -0.489 e. The van der Waals surface area contributed by atoms with E-state index in [1.165, 1.54) is 25.9 Å². The highest BCUT2D eigenvalue weighted by Crippen LogP contribution is 2.36. The lowest BCUT2D eigenvalue weighted by molar-refractivity contribution is 0.0618. The van der Waals surface area contributed by atoms with E-state index in [0.29, 0.717) is 11.5 Å². The molecule has 4 aliphatic rings. The van der Waals surface area contributed by atoms with Crippen LogP contribution < -0.4 is 10.1 Å². The van der Waals surface area contributed by atoms with E-state index in [1.807, 2.05) is 13.0 Å². The summed E-state index contributed by atoms with van der Waals surface area (Å²) in [4.78, 5) is 15.2. The third-order valence-corrected chi connectivity index (χ3v) is 5.63. The lowest BCUT2D eigenvalue weighted by Crippen LogP contribution is -2.57. The second-order valence-corrected chi connectivity index (χ2v) is 7.71. The zero-order chi connectivity index (χ0) is 15.3. The molecule has 0 aromatic heterocycles. The molecule has 4 heterocycles. The normalized spacial score (nSPS) is 32.5. The predicted octanol–water partition coefficient (Wildman–Crippen LogP) is 2.60. The standard InChI is InChI=1S/C17H21BrN2O2/c1-10-6-12-7-13(18)8-14(16(12)22-10)17(21)19-15-9-20-4-2-11(15)3-5-20/h7-8,10-11,15H,2-6,9H2,1H3,(H,19,21). The van der Waals surface area contributed by atoms with E-state index in [0.717, 1.165) is 28.8 Å². The Labute approximate surface area is 139 Å². The summed E-state index contributed by atoms with van der Waals surface area (Å²) in [6, 6.07) is 4.22. The van der Waals surface area contributed by atoms with E-state index in [1.54, 1.807) is 0 Å². The van der Waals surface area contributed by atoms with Crippen LogP contribution in [-0.4, -0.2) is 42.6 Å². The summed E-state index contributed by atoms with van der Waals surface area (Å²) >= 11 is 3.52. The van der Waals surface area contributed by atoms with E-state index in [-0.39, 0.29) is 18.1 Å². The van der Waals surface area contributed by atoms with Gasteiger partial charge in [-0.15, -0.1) is 0 Å². The Kier molecular flexibility index (Phi) is 3.65. The zero-order valence-electron chi connectivity index (χ0n) is 12.8. The average Bonchev–Trinajstić information content (AvgIpc) is 2.87. The van der Waals surface area contributed by atoms with Crippen LogP contribution in [0.25, 0.3) is 0 Å². The molecule has 118 valence electrons. The molecule has 5 rings (SSSR count). The fourth-order valence-corrected chi connectivity index (χ4v) is 4.54. The highest BCUT2D eigenvalue weighted by atomic mass is 79.9. The SMILES string of the molecule is CC1Cc2cc(Br)cc(C(=O)NC3CN4CCC3CC4)c2O1. The van der Waals surface area contributed by atoms with Crippen molar-refractivity contribution in [1.82, 2.24) is 10.2 Å². The first-order chi connectivity index (χ1) is 10.6. The molecule has 1 amide bonds. The number of benzene rings is 1. The molecule has 4 nitrogen and oxygen atoms in total. The summed E-state index contributed by atoms with van der Waals surface area (Å²) < 4.78 is 6.82. The molecule has 1 aromatic carbocycles. The molecular weight excluding hydrogens is 344 g/mol. The van der Waals surface area contributed by atoms with E-state index in [2.05, 4.69) is 32.2 Å². The second kappa shape index (κ2) is 5.53. The molecule has 1 aromatic rings. The van der Waals surface area contributed by atoms with Crippen molar-refractivity contribution < 1.29 is 9.53 Å². The number of hydrogen-bond donors (Lipinski definition) is 1. The molecule has 3 fully saturated rings. The molecule has 1 N–H and O–H groups in total. The number of hydrogen-bond acceptors (Lipinski definition) is 3. The van der Waals surface area contributed by atoms with Gasteiger partial charge in [0.05, 0.1) is 5.56 Å². The number of amides is 1. The van der Waals surface area contributed by atoms with E-state index >= 15 is 0 Å². The maximum Gasteiger partial charge on any atom is 0.255 e. The molecule has 5 heteroatoms. The van der Waals surface area contributed by atoms with Gasteiger partial charge in [0, 0.05) is 23.5 Å². The summed E-state index contributed by atoms with van der Waals surface area (Å²) in [5, 5.41) is 3.26. The van der Waals surface area contributed by atoms with Crippen LogP contribution in [0.15, 0.2) is 16.6 Å². The van der Waals surface area contributed by atoms with Crippen molar-refractivity contribution in [3.63, 3.8) is 0 Å². The van der Waals surface area contributed by atoms with Crippen LogP contribution in [0.2, 0.25) is 0 Å². The molecule has 0 aliphatic carbocycles. The summed E-state index contributed by atoms with van der Waals surface area (Å²) in [6.07, 6.45) is 3.42. The lowest BCUT2D eigenvalue weighted by atomic mass is 9.84. The van der Waals surface area contributed by atoms with E-state index < -0.39 is 0 Å². The van der Waals surface area contributed by atoms with Gasteiger partial charge in [-0.25, -0.2) is 0 Å². The number of nitrogens with one attached hydrogen (secondary N) is 1. The molecule has 2 unspecified atom stereocenters. The second-order valence-electron chi connectivity index (χ2n) is 6.79. The number of ether oxygens (including phenoxy) is 1. The quantitative estimate of drug-likeness (QED) is 0.876. The number of carbonyl (C=O) groups excluding carboxylic acids is 1.